The molecule has 17 heavy (non-hydrogen) atoms. The number of nitrogens with one attached hydrogen (secondary N) is 1. The molecule has 0 aromatic rings. The molecule has 0 aromatic heterocycles. The Hall–Kier alpha value is -1.85. The summed E-state index contributed by atoms with van der Waals surface area (Å²) in [4.78, 5) is 22.4. The van der Waals surface area contributed by atoms with Crippen LogP contribution in [0.1, 0.15) is 33.6 Å². The molecular formula is C11H17N3O3. The van der Waals surface area contributed by atoms with Crippen LogP contribution in [0.5, 0.6) is 0 Å². The quantitative estimate of drug-likeness (QED) is 0.498. The maximum absolute atomic E-state index is 11.9. The number of allylic oxidation sites excluding steroid dienone is 2. The summed E-state index contributed by atoms with van der Waals surface area (Å²) < 4.78 is 0. The molecule has 0 spiro atoms. The van der Waals surface area contributed by atoms with Gasteiger partial charge >= 0.3 is 6.03 Å². The molecule has 0 saturated heterocycles. The molecule has 1 aliphatic carbocycles. The number of carbonyl (C=O) groups is 2. The van der Waals surface area contributed by atoms with Crippen LogP contribution in [0, 0.1) is 5.41 Å². The van der Waals surface area contributed by atoms with E-state index < -0.39 is 6.03 Å². The first-order valence-corrected chi connectivity index (χ1v) is 5.28. The van der Waals surface area contributed by atoms with Crippen molar-refractivity contribution in [3.05, 3.63) is 11.3 Å². The van der Waals surface area contributed by atoms with E-state index in [1.54, 1.807) is 0 Å². The van der Waals surface area contributed by atoms with Crippen LogP contribution in [0.2, 0.25) is 0 Å². The molecule has 0 aromatic carbocycles. The van der Waals surface area contributed by atoms with Crippen LogP contribution in [-0.4, -0.2) is 22.6 Å². The lowest BCUT2D eigenvalue weighted by atomic mass is 9.76. The summed E-state index contributed by atoms with van der Waals surface area (Å²) in [6, 6.07) is -0.812. The Bertz CT molecular complexity index is 422. The lowest BCUT2D eigenvalue weighted by Gasteiger charge is -2.29. The van der Waals surface area contributed by atoms with Gasteiger partial charge in [0.05, 0.1) is 11.3 Å². The third-order valence-electron chi connectivity index (χ3n) is 2.55. The van der Waals surface area contributed by atoms with E-state index in [-0.39, 0.29) is 28.2 Å². The second kappa shape index (κ2) is 4.57. The molecule has 1 rings (SSSR count). The number of ketones is 1. The third-order valence-corrected chi connectivity index (χ3v) is 2.55. The minimum Gasteiger partial charge on any atom is -0.511 e. The van der Waals surface area contributed by atoms with Crippen LogP contribution in [0.15, 0.2) is 16.4 Å². The number of hydrogen-bond donors (Lipinski definition) is 3. The largest absolute Gasteiger partial charge is 0.511 e. The van der Waals surface area contributed by atoms with E-state index >= 15 is 0 Å². The van der Waals surface area contributed by atoms with E-state index in [0.717, 1.165) is 0 Å². The molecule has 0 heterocycles. The lowest BCUT2D eigenvalue weighted by Crippen LogP contribution is -2.30. The van der Waals surface area contributed by atoms with Gasteiger partial charge in [-0.1, -0.05) is 13.8 Å². The number of aliphatic hydroxyl groups excluding tert-OH is 1. The fourth-order valence-electron chi connectivity index (χ4n) is 1.89. The van der Waals surface area contributed by atoms with Gasteiger partial charge in [0.1, 0.15) is 5.76 Å². The first kappa shape index (κ1) is 13.2. The van der Waals surface area contributed by atoms with E-state index in [1.807, 2.05) is 19.3 Å². The summed E-state index contributed by atoms with van der Waals surface area (Å²) in [6.45, 7) is 5.36. The number of amides is 2. The summed E-state index contributed by atoms with van der Waals surface area (Å²) in [5, 5.41) is 13.5. The number of rotatable bonds is 2. The molecule has 94 valence electrons. The van der Waals surface area contributed by atoms with Crippen LogP contribution < -0.4 is 11.2 Å². The molecular weight excluding hydrogens is 222 g/mol. The maximum Gasteiger partial charge on any atom is 0.332 e. The highest BCUT2D eigenvalue weighted by Crippen LogP contribution is 2.35. The SMILES string of the molecule is C/C(=N\NC(N)=O)C1=C(O)CC(C)(C)CC1=O. The third kappa shape index (κ3) is 3.30. The normalized spacial score (nSPS) is 20.4. The highest BCUT2D eigenvalue weighted by atomic mass is 16.3. The topological polar surface area (TPSA) is 105 Å². The average molecular weight is 239 g/mol. The molecule has 0 fully saturated rings. The first-order chi connectivity index (χ1) is 7.73. The number of urea groups is 1. The van der Waals surface area contributed by atoms with Gasteiger partial charge < -0.3 is 10.8 Å². The number of primary amides is 1. The minimum absolute atomic E-state index is 0.0128. The van der Waals surface area contributed by atoms with Crippen LogP contribution in [0.3, 0.4) is 0 Å². The smallest absolute Gasteiger partial charge is 0.332 e. The van der Waals surface area contributed by atoms with Gasteiger partial charge in [-0.05, 0) is 12.3 Å². The second-order valence-electron chi connectivity index (χ2n) is 4.94. The maximum atomic E-state index is 11.9. The summed E-state index contributed by atoms with van der Waals surface area (Å²) in [5.74, 6) is -0.162. The van der Waals surface area contributed by atoms with Gasteiger partial charge in [-0.3, -0.25) is 4.79 Å². The standard InChI is InChI=1S/C11H17N3O3/c1-6(13-14-10(12)17)9-7(15)4-11(2,3)5-8(9)16/h15H,4-5H2,1-3H3,(H3,12,14,17)/b13-6+. The summed E-state index contributed by atoms with van der Waals surface area (Å²) in [6.07, 6.45) is 0.757. The zero-order valence-electron chi connectivity index (χ0n) is 10.2. The minimum atomic E-state index is -0.812. The van der Waals surface area contributed by atoms with Crippen LogP contribution >= 0.6 is 0 Å². The van der Waals surface area contributed by atoms with Crippen LogP contribution in [-0.2, 0) is 4.79 Å². The Balaban J connectivity index is 3.00. The molecule has 0 bridgehead atoms. The number of nitrogens with two attached hydrogens (primary N) is 1. The molecule has 6 heteroatoms. The van der Waals surface area contributed by atoms with Gasteiger partial charge in [0.25, 0.3) is 0 Å². The lowest BCUT2D eigenvalue weighted by molar-refractivity contribution is -0.117. The molecule has 6 nitrogen and oxygen atoms in total. The fourth-order valence-corrected chi connectivity index (χ4v) is 1.89. The van der Waals surface area contributed by atoms with Crippen molar-refractivity contribution >= 4 is 17.5 Å². The molecule has 2 amide bonds. The molecule has 1 aliphatic rings. The highest BCUT2D eigenvalue weighted by Gasteiger charge is 2.34. The highest BCUT2D eigenvalue weighted by molar-refractivity contribution is 6.22. The van der Waals surface area contributed by atoms with Crippen molar-refractivity contribution in [3.63, 3.8) is 0 Å². The van der Waals surface area contributed by atoms with Crippen molar-refractivity contribution in [3.8, 4) is 0 Å². The Morgan fingerprint density at radius 3 is 2.53 bits per heavy atom. The molecule has 4 N–H and O–H groups in total. The van der Waals surface area contributed by atoms with Gasteiger partial charge in [-0.25, -0.2) is 10.2 Å². The van der Waals surface area contributed by atoms with Crippen molar-refractivity contribution in [1.82, 2.24) is 5.43 Å². The Morgan fingerprint density at radius 1 is 1.47 bits per heavy atom. The summed E-state index contributed by atoms with van der Waals surface area (Å²) in [7, 11) is 0. The Morgan fingerprint density at radius 2 is 2.06 bits per heavy atom. The van der Waals surface area contributed by atoms with Gasteiger partial charge in [0.2, 0.25) is 0 Å². The molecule has 0 radical (unpaired) electrons. The number of aliphatic hydroxyl groups is 1. The van der Waals surface area contributed by atoms with E-state index in [2.05, 4.69) is 5.10 Å². The molecule has 0 unspecified atom stereocenters. The Labute approximate surface area is 99.6 Å². The van der Waals surface area contributed by atoms with E-state index in [0.29, 0.717) is 12.8 Å². The molecule has 0 aliphatic heterocycles. The monoisotopic (exact) mass is 239 g/mol. The van der Waals surface area contributed by atoms with Gasteiger partial charge in [-0.15, -0.1) is 0 Å². The van der Waals surface area contributed by atoms with Gasteiger partial charge in [0.15, 0.2) is 5.78 Å². The van der Waals surface area contributed by atoms with E-state index in [4.69, 9.17) is 5.73 Å². The van der Waals surface area contributed by atoms with E-state index in [9.17, 15) is 14.7 Å². The second-order valence-corrected chi connectivity index (χ2v) is 4.94. The van der Waals surface area contributed by atoms with Crippen LogP contribution in [0.4, 0.5) is 4.79 Å². The first-order valence-electron chi connectivity index (χ1n) is 5.28. The molecule has 0 saturated carbocycles. The van der Waals surface area contributed by atoms with Crippen LogP contribution in [0.25, 0.3) is 0 Å². The number of hydrazone groups is 1. The number of hydrogen-bond acceptors (Lipinski definition) is 4. The number of Topliss-reactive ketones (excluding diaryl/α,β-unsaturated/α-hetero) is 1. The zero-order valence-corrected chi connectivity index (χ0v) is 10.2. The predicted molar refractivity (Wildman–Crippen MR) is 63.5 cm³/mol. The average Bonchev–Trinajstić information content (AvgIpc) is 2.11. The summed E-state index contributed by atoms with van der Waals surface area (Å²) in [5.41, 5.74) is 7.09. The Kier molecular flexibility index (Phi) is 3.55. The number of nitrogens with zero attached hydrogens (tertiary/aromatic N) is 1. The fraction of sp³-hybridized carbons (Fsp3) is 0.545. The van der Waals surface area contributed by atoms with Gasteiger partial charge in [0, 0.05) is 12.8 Å². The van der Waals surface area contributed by atoms with Crippen molar-refractivity contribution in [2.45, 2.75) is 33.6 Å². The number of carbonyl (C=O) groups excluding carboxylic acids is 2. The van der Waals surface area contributed by atoms with Gasteiger partial charge in [-0.2, -0.15) is 5.10 Å². The van der Waals surface area contributed by atoms with Crippen molar-refractivity contribution in [2.75, 3.05) is 0 Å². The summed E-state index contributed by atoms with van der Waals surface area (Å²) >= 11 is 0. The van der Waals surface area contributed by atoms with Crippen molar-refractivity contribution in [2.24, 2.45) is 16.3 Å². The van der Waals surface area contributed by atoms with Crippen molar-refractivity contribution < 1.29 is 14.7 Å². The zero-order chi connectivity index (χ0) is 13.2. The van der Waals surface area contributed by atoms with Crippen molar-refractivity contribution in [1.29, 1.82) is 0 Å². The molecule has 0 atom stereocenters. The predicted octanol–water partition coefficient (Wildman–Crippen LogP) is 1.23. The van der Waals surface area contributed by atoms with E-state index in [1.165, 1.54) is 6.92 Å².